The van der Waals surface area contributed by atoms with E-state index >= 15 is 0 Å². The number of rotatable bonds is 5. The maximum absolute atomic E-state index is 12.1. The highest BCUT2D eigenvalue weighted by atomic mass is 32.2. The van der Waals surface area contributed by atoms with Crippen molar-refractivity contribution < 1.29 is 18.3 Å². The van der Waals surface area contributed by atoms with Crippen LogP contribution in [0.15, 0.2) is 27.9 Å². The molecule has 0 fully saturated rings. The zero-order valence-electron chi connectivity index (χ0n) is 9.73. The van der Waals surface area contributed by atoms with Crippen molar-refractivity contribution in [1.82, 2.24) is 9.71 Å². The van der Waals surface area contributed by atoms with E-state index in [4.69, 9.17) is 5.11 Å². The van der Waals surface area contributed by atoms with Gasteiger partial charge in [0.1, 0.15) is 0 Å². The van der Waals surface area contributed by atoms with Gasteiger partial charge < -0.3 is 5.11 Å². The third-order valence-electron chi connectivity index (χ3n) is 2.21. The van der Waals surface area contributed by atoms with Gasteiger partial charge in [-0.1, -0.05) is 6.07 Å². The normalized spacial score (nSPS) is 13.3. The molecule has 0 amide bonds. The molecule has 2 aromatic rings. The lowest BCUT2D eigenvalue weighted by Gasteiger charge is -2.11. The Morgan fingerprint density at radius 2 is 2.26 bits per heavy atom. The first-order chi connectivity index (χ1) is 8.90. The van der Waals surface area contributed by atoms with Crippen molar-refractivity contribution >= 4 is 38.7 Å². The van der Waals surface area contributed by atoms with Crippen molar-refractivity contribution in [3.05, 3.63) is 33.6 Å². The Morgan fingerprint density at radius 3 is 2.74 bits per heavy atom. The van der Waals surface area contributed by atoms with Crippen LogP contribution < -0.4 is 4.72 Å². The Hall–Kier alpha value is -1.29. The fraction of sp³-hybridized carbons (Fsp3) is 0.200. The molecule has 0 spiro atoms. The molecule has 2 rings (SSSR count). The number of aryl methyl sites for hydroxylation is 1. The van der Waals surface area contributed by atoms with E-state index in [0.29, 0.717) is 9.88 Å². The van der Waals surface area contributed by atoms with Crippen LogP contribution in [-0.4, -0.2) is 24.5 Å². The van der Waals surface area contributed by atoms with Gasteiger partial charge in [-0.05, 0) is 18.4 Å². The highest BCUT2D eigenvalue weighted by molar-refractivity contribution is 7.91. The quantitative estimate of drug-likeness (QED) is 0.873. The molecule has 9 heteroatoms. The van der Waals surface area contributed by atoms with Crippen LogP contribution in [0, 0.1) is 6.92 Å². The van der Waals surface area contributed by atoms with E-state index in [-0.39, 0.29) is 4.21 Å². The highest BCUT2D eigenvalue weighted by Gasteiger charge is 2.28. The number of aromatic nitrogens is 1. The van der Waals surface area contributed by atoms with Crippen LogP contribution in [0.3, 0.4) is 0 Å². The summed E-state index contributed by atoms with van der Waals surface area (Å²) >= 11 is 2.17. The lowest BCUT2D eigenvalue weighted by atomic mass is 10.3. The Balaban J connectivity index is 2.30. The van der Waals surface area contributed by atoms with Gasteiger partial charge in [0.2, 0.25) is 0 Å². The molecule has 0 aliphatic carbocycles. The van der Waals surface area contributed by atoms with Crippen LogP contribution in [0.25, 0.3) is 0 Å². The number of aliphatic carboxylic acids is 1. The van der Waals surface area contributed by atoms with Crippen molar-refractivity contribution in [3.63, 3.8) is 0 Å². The summed E-state index contributed by atoms with van der Waals surface area (Å²) in [5.41, 5.74) is 0. The number of carboxylic acids is 1. The second-order valence-corrected chi connectivity index (χ2v) is 7.76. The summed E-state index contributed by atoms with van der Waals surface area (Å²) in [5, 5.41) is 11.4. The first-order valence-corrected chi connectivity index (χ1v) is 8.29. The number of nitrogens with zero attached hydrogens (tertiary/aromatic N) is 1. The zero-order chi connectivity index (χ0) is 14.0. The van der Waals surface area contributed by atoms with Crippen molar-refractivity contribution in [2.45, 2.75) is 17.2 Å². The average Bonchev–Trinajstić information content (AvgIpc) is 2.96. The molecule has 19 heavy (non-hydrogen) atoms. The maximum Gasteiger partial charge on any atom is 0.327 e. The van der Waals surface area contributed by atoms with E-state index in [2.05, 4.69) is 9.71 Å². The number of thiophene rings is 1. The molecule has 0 saturated heterocycles. The highest BCUT2D eigenvalue weighted by Crippen LogP contribution is 2.24. The summed E-state index contributed by atoms with van der Waals surface area (Å²) in [4.78, 5) is 15.5. The molecule has 0 radical (unpaired) electrons. The summed E-state index contributed by atoms with van der Waals surface area (Å²) < 4.78 is 26.3. The predicted octanol–water partition coefficient (Wildman–Crippen LogP) is 1.62. The molecule has 0 saturated carbocycles. The van der Waals surface area contributed by atoms with Gasteiger partial charge >= 0.3 is 5.97 Å². The van der Waals surface area contributed by atoms with Gasteiger partial charge in [-0.15, -0.1) is 22.7 Å². The molecule has 1 atom stereocenters. The van der Waals surface area contributed by atoms with Gasteiger partial charge in [-0.25, -0.2) is 13.4 Å². The van der Waals surface area contributed by atoms with E-state index in [1.807, 2.05) is 0 Å². The van der Waals surface area contributed by atoms with Crippen LogP contribution >= 0.6 is 22.7 Å². The number of carbonyl (C=O) groups is 1. The summed E-state index contributed by atoms with van der Waals surface area (Å²) in [6, 6.07) is 1.96. The first-order valence-electron chi connectivity index (χ1n) is 5.11. The summed E-state index contributed by atoms with van der Waals surface area (Å²) in [6.07, 6.45) is 1.22. The van der Waals surface area contributed by atoms with E-state index in [1.165, 1.54) is 17.5 Å². The molecule has 102 valence electrons. The minimum Gasteiger partial charge on any atom is -0.480 e. The third kappa shape index (κ3) is 3.18. The van der Waals surface area contributed by atoms with E-state index in [9.17, 15) is 13.2 Å². The third-order valence-corrected chi connectivity index (χ3v) is 5.95. The van der Waals surface area contributed by atoms with Crippen LogP contribution in [0.1, 0.15) is 15.9 Å². The van der Waals surface area contributed by atoms with Gasteiger partial charge in [0, 0.05) is 4.88 Å². The molecular formula is C10H10N2O4S3. The van der Waals surface area contributed by atoms with E-state index in [1.54, 1.807) is 24.4 Å². The minimum absolute atomic E-state index is 0.00723. The van der Waals surface area contributed by atoms with Gasteiger partial charge in [-0.3, -0.25) is 4.79 Å². The lowest BCUT2D eigenvalue weighted by Crippen LogP contribution is -2.32. The smallest absolute Gasteiger partial charge is 0.327 e. The van der Waals surface area contributed by atoms with E-state index in [0.717, 1.165) is 11.3 Å². The van der Waals surface area contributed by atoms with Gasteiger partial charge in [-0.2, -0.15) is 4.72 Å². The second kappa shape index (κ2) is 5.37. The molecule has 0 aliphatic rings. The molecule has 2 aromatic heterocycles. The topological polar surface area (TPSA) is 96.4 Å². The number of sulfonamides is 1. The Kier molecular flexibility index (Phi) is 3.99. The van der Waals surface area contributed by atoms with Gasteiger partial charge in [0.15, 0.2) is 10.3 Å². The van der Waals surface area contributed by atoms with Crippen LogP contribution in [0.2, 0.25) is 0 Å². The van der Waals surface area contributed by atoms with Crippen LogP contribution in [0.5, 0.6) is 0 Å². The molecule has 0 aliphatic heterocycles. The largest absolute Gasteiger partial charge is 0.480 e. The van der Waals surface area contributed by atoms with Crippen LogP contribution in [-0.2, 0) is 14.8 Å². The Bertz CT molecular complexity index is 675. The van der Waals surface area contributed by atoms with E-state index < -0.39 is 22.0 Å². The predicted molar refractivity (Wildman–Crippen MR) is 71.9 cm³/mol. The fourth-order valence-electron chi connectivity index (χ4n) is 1.37. The molecule has 0 bridgehead atoms. The SMILES string of the molecule is Cc1ncc(S(=O)(=O)NC(C(=O)O)c2cccs2)s1. The molecule has 2 N–H and O–H groups in total. The average molecular weight is 318 g/mol. The number of carboxylic acid groups (broad SMARTS) is 1. The molecule has 1 unspecified atom stereocenters. The number of hydrogen-bond acceptors (Lipinski definition) is 6. The molecular weight excluding hydrogens is 308 g/mol. The second-order valence-electron chi connectivity index (χ2n) is 3.61. The van der Waals surface area contributed by atoms with Crippen molar-refractivity contribution in [1.29, 1.82) is 0 Å². The van der Waals surface area contributed by atoms with Crippen molar-refractivity contribution in [2.75, 3.05) is 0 Å². The molecule has 6 nitrogen and oxygen atoms in total. The number of nitrogens with one attached hydrogen (secondary N) is 1. The lowest BCUT2D eigenvalue weighted by molar-refractivity contribution is -0.139. The molecule has 2 heterocycles. The summed E-state index contributed by atoms with van der Waals surface area (Å²) in [5.74, 6) is -1.24. The summed E-state index contributed by atoms with van der Waals surface area (Å²) in [6.45, 7) is 1.68. The fourth-order valence-corrected chi connectivity index (χ4v) is 4.50. The maximum atomic E-state index is 12.1. The van der Waals surface area contributed by atoms with Gasteiger partial charge in [0.05, 0.1) is 11.2 Å². The molecule has 0 aromatic carbocycles. The standard InChI is InChI=1S/C10H10N2O4S3/c1-6-11-5-8(18-6)19(15,16)12-9(10(13)14)7-3-2-4-17-7/h2-5,9,12H,1H3,(H,13,14). The van der Waals surface area contributed by atoms with Crippen molar-refractivity contribution in [3.8, 4) is 0 Å². The summed E-state index contributed by atoms with van der Waals surface area (Å²) in [7, 11) is -3.88. The number of thiazole rings is 1. The minimum atomic E-state index is -3.88. The monoisotopic (exact) mass is 318 g/mol. The number of hydrogen-bond donors (Lipinski definition) is 2. The Labute approximate surface area is 117 Å². The Morgan fingerprint density at radius 1 is 1.53 bits per heavy atom. The van der Waals surface area contributed by atoms with Crippen LogP contribution in [0.4, 0.5) is 0 Å². The zero-order valence-corrected chi connectivity index (χ0v) is 12.2. The van der Waals surface area contributed by atoms with Crippen molar-refractivity contribution in [2.24, 2.45) is 0 Å². The first kappa shape index (κ1) is 14.1. The van der Waals surface area contributed by atoms with Gasteiger partial charge in [0.25, 0.3) is 10.0 Å².